The van der Waals surface area contributed by atoms with Crippen LogP contribution in [0.4, 0.5) is 0 Å². The van der Waals surface area contributed by atoms with Gasteiger partial charge < -0.3 is 37.3 Å². The molecule has 1 rings (SSSR count). The molecule has 2 amide bonds. The first-order valence-corrected chi connectivity index (χ1v) is 8.71. The number of unbranched alkanes of at least 4 members (excludes halogenated alkanes) is 1. The Hall–Kier alpha value is -2.50. The van der Waals surface area contributed by atoms with E-state index in [0.717, 1.165) is 0 Å². The zero-order chi connectivity index (χ0) is 20.4. The Morgan fingerprint density at radius 2 is 1.96 bits per heavy atom. The summed E-state index contributed by atoms with van der Waals surface area (Å²) in [5, 5.41) is 23.8. The molecular formula is C16H28N6O5. The maximum atomic E-state index is 12.4. The number of aliphatic hydroxyl groups excluding tert-OH is 1. The van der Waals surface area contributed by atoms with Gasteiger partial charge in [-0.2, -0.15) is 0 Å². The molecule has 1 aromatic rings. The molecular weight excluding hydrogens is 356 g/mol. The van der Waals surface area contributed by atoms with E-state index in [1.165, 1.54) is 13.3 Å². The third kappa shape index (κ3) is 7.72. The molecule has 0 saturated carbocycles. The summed E-state index contributed by atoms with van der Waals surface area (Å²) in [6.07, 6.45) is 3.27. The van der Waals surface area contributed by atoms with Gasteiger partial charge in [0, 0.05) is 12.6 Å². The number of aliphatic carboxylic acids is 1. The van der Waals surface area contributed by atoms with Gasteiger partial charge in [0.2, 0.25) is 11.8 Å². The second-order valence-electron chi connectivity index (χ2n) is 6.28. The van der Waals surface area contributed by atoms with Gasteiger partial charge in [0.1, 0.15) is 12.1 Å². The lowest BCUT2D eigenvalue weighted by molar-refractivity contribution is -0.143. The Kier molecular flexibility index (Phi) is 9.40. The highest BCUT2D eigenvalue weighted by atomic mass is 16.4. The molecule has 0 unspecified atom stereocenters. The van der Waals surface area contributed by atoms with Crippen molar-refractivity contribution >= 4 is 17.8 Å². The van der Waals surface area contributed by atoms with Crippen LogP contribution in [0.3, 0.4) is 0 Å². The van der Waals surface area contributed by atoms with E-state index in [4.69, 9.17) is 11.5 Å². The Balaban J connectivity index is 2.67. The van der Waals surface area contributed by atoms with Crippen molar-refractivity contribution in [1.82, 2.24) is 20.6 Å². The topological polar surface area (TPSA) is 196 Å². The molecule has 0 saturated heterocycles. The number of hydrogen-bond acceptors (Lipinski definition) is 7. The lowest BCUT2D eigenvalue weighted by Crippen LogP contribution is -2.58. The van der Waals surface area contributed by atoms with E-state index >= 15 is 0 Å². The van der Waals surface area contributed by atoms with Crippen molar-refractivity contribution in [2.45, 2.75) is 56.8 Å². The minimum absolute atomic E-state index is 0.139. The van der Waals surface area contributed by atoms with Crippen LogP contribution in [0, 0.1) is 0 Å². The Bertz CT molecular complexity index is 606. The van der Waals surface area contributed by atoms with Gasteiger partial charge in [-0.3, -0.25) is 9.59 Å². The lowest BCUT2D eigenvalue weighted by Gasteiger charge is -2.24. The van der Waals surface area contributed by atoms with Crippen molar-refractivity contribution in [1.29, 1.82) is 0 Å². The van der Waals surface area contributed by atoms with Gasteiger partial charge in [-0.1, -0.05) is 0 Å². The number of nitrogens with zero attached hydrogens (tertiary/aromatic N) is 1. The summed E-state index contributed by atoms with van der Waals surface area (Å²) < 4.78 is 0. The fourth-order valence-electron chi connectivity index (χ4n) is 2.40. The number of imidazole rings is 1. The average Bonchev–Trinajstić information content (AvgIpc) is 3.10. The molecule has 0 spiro atoms. The van der Waals surface area contributed by atoms with Gasteiger partial charge in [0.05, 0.1) is 24.2 Å². The van der Waals surface area contributed by atoms with E-state index in [2.05, 4.69) is 20.6 Å². The molecule has 0 aliphatic heterocycles. The van der Waals surface area contributed by atoms with Crippen molar-refractivity contribution in [3.8, 4) is 0 Å². The Morgan fingerprint density at radius 3 is 2.48 bits per heavy atom. The van der Waals surface area contributed by atoms with Crippen LogP contribution < -0.4 is 22.1 Å². The molecule has 152 valence electrons. The number of carboxylic acid groups (broad SMARTS) is 1. The van der Waals surface area contributed by atoms with Gasteiger partial charge in [-0.15, -0.1) is 0 Å². The molecule has 0 aliphatic rings. The molecule has 0 bridgehead atoms. The molecule has 0 aromatic carbocycles. The van der Waals surface area contributed by atoms with E-state index < -0.39 is 42.0 Å². The lowest BCUT2D eigenvalue weighted by atomic mass is 10.1. The number of nitrogens with two attached hydrogens (primary N) is 2. The van der Waals surface area contributed by atoms with Crippen LogP contribution in [-0.4, -0.2) is 68.7 Å². The number of aromatic amines is 1. The summed E-state index contributed by atoms with van der Waals surface area (Å²) in [6, 6.07) is -3.46. The van der Waals surface area contributed by atoms with Gasteiger partial charge >= 0.3 is 5.97 Å². The van der Waals surface area contributed by atoms with Crippen molar-refractivity contribution in [3.05, 3.63) is 18.2 Å². The summed E-state index contributed by atoms with van der Waals surface area (Å²) in [5.41, 5.74) is 11.8. The van der Waals surface area contributed by atoms with Crippen LogP contribution in [0.5, 0.6) is 0 Å². The molecule has 0 radical (unpaired) electrons. The van der Waals surface area contributed by atoms with Crippen LogP contribution >= 0.6 is 0 Å². The number of H-pyrrole nitrogens is 1. The molecule has 1 aromatic heterocycles. The number of rotatable bonds is 12. The first-order valence-electron chi connectivity index (χ1n) is 8.71. The largest absolute Gasteiger partial charge is 0.480 e. The van der Waals surface area contributed by atoms with Crippen LogP contribution in [0.2, 0.25) is 0 Å². The molecule has 0 aliphatic carbocycles. The number of aromatic nitrogens is 2. The number of carbonyl (C=O) groups is 3. The Morgan fingerprint density at radius 1 is 1.26 bits per heavy atom. The number of aliphatic hydroxyl groups is 1. The predicted molar refractivity (Wildman–Crippen MR) is 96.4 cm³/mol. The number of carboxylic acids is 1. The fourth-order valence-corrected chi connectivity index (χ4v) is 2.40. The number of amides is 2. The summed E-state index contributed by atoms with van der Waals surface area (Å²) >= 11 is 0. The third-order valence-electron chi connectivity index (χ3n) is 3.94. The zero-order valence-corrected chi connectivity index (χ0v) is 15.2. The van der Waals surface area contributed by atoms with E-state index in [1.54, 1.807) is 6.20 Å². The second kappa shape index (κ2) is 11.3. The van der Waals surface area contributed by atoms with E-state index in [9.17, 15) is 24.6 Å². The van der Waals surface area contributed by atoms with Crippen LogP contribution in [0.15, 0.2) is 12.5 Å². The molecule has 0 fully saturated rings. The molecule has 11 heteroatoms. The van der Waals surface area contributed by atoms with Crippen molar-refractivity contribution in [2.24, 2.45) is 11.5 Å². The molecule has 11 nitrogen and oxygen atoms in total. The number of nitrogens with one attached hydrogen (secondary N) is 3. The van der Waals surface area contributed by atoms with E-state index in [-0.39, 0.29) is 12.8 Å². The maximum absolute atomic E-state index is 12.4. The quantitative estimate of drug-likeness (QED) is 0.198. The first kappa shape index (κ1) is 22.5. The van der Waals surface area contributed by atoms with Crippen molar-refractivity contribution in [3.63, 3.8) is 0 Å². The van der Waals surface area contributed by atoms with Gasteiger partial charge in [0.15, 0.2) is 0 Å². The summed E-state index contributed by atoms with van der Waals surface area (Å²) in [7, 11) is 0. The van der Waals surface area contributed by atoms with Gasteiger partial charge in [-0.05, 0) is 32.7 Å². The van der Waals surface area contributed by atoms with Gasteiger partial charge in [-0.25, -0.2) is 9.78 Å². The van der Waals surface area contributed by atoms with E-state index in [1.807, 2.05) is 0 Å². The summed E-state index contributed by atoms with van der Waals surface area (Å²) in [6.45, 7) is 1.73. The second-order valence-corrected chi connectivity index (χ2v) is 6.28. The van der Waals surface area contributed by atoms with Crippen LogP contribution in [0.1, 0.15) is 31.9 Å². The van der Waals surface area contributed by atoms with Crippen molar-refractivity contribution < 1.29 is 24.6 Å². The smallest absolute Gasteiger partial charge is 0.326 e. The molecule has 9 N–H and O–H groups in total. The van der Waals surface area contributed by atoms with Crippen LogP contribution in [-0.2, 0) is 20.8 Å². The summed E-state index contributed by atoms with van der Waals surface area (Å²) in [5.74, 6) is -2.66. The standard InChI is InChI=1S/C16H28N6O5/c1-9(23)13(15(25)21-12(16(26)27)4-2-3-5-17)22-14(24)11(18)6-10-7-19-8-20-10/h7-9,11-13,23H,2-6,17-18H2,1H3,(H,19,20)(H,21,25)(H,22,24)(H,26,27)/t9-,11+,12+,13+/m1/s1. The fraction of sp³-hybridized carbons (Fsp3) is 0.625. The molecule has 27 heavy (non-hydrogen) atoms. The molecule has 1 heterocycles. The SMILES string of the molecule is C[C@@H](O)[C@H](NC(=O)[C@@H](N)Cc1c[nH]cn1)C(=O)N[C@@H](CCCCN)C(=O)O. The van der Waals surface area contributed by atoms with Crippen molar-refractivity contribution in [2.75, 3.05) is 6.54 Å². The molecule has 4 atom stereocenters. The Labute approximate surface area is 156 Å². The minimum Gasteiger partial charge on any atom is -0.480 e. The highest BCUT2D eigenvalue weighted by Gasteiger charge is 2.30. The normalized spacial score (nSPS) is 15.4. The summed E-state index contributed by atoms with van der Waals surface area (Å²) in [4.78, 5) is 42.6. The monoisotopic (exact) mass is 384 g/mol. The average molecular weight is 384 g/mol. The first-order chi connectivity index (χ1) is 12.8. The van der Waals surface area contributed by atoms with E-state index in [0.29, 0.717) is 25.1 Å². The zero-order valence-electron chi connectivity index (χ0n) is 15.2. The highest BCUT2D eigenvalue weighted by molar-refractivity contribution is 5.92. The number of hydrogen-bond donors (Lipinski definition) is 7. The highest BCUT2D eigenvalue weighted by Crippen LogP contribution is 2.04. The minimum atomic E-state index is -1.33. The maximum Gasteiger partial charge on any atom is 0.326 e. The van der Waals surface area contributed by atoms with Gasteiger partial charge in [0.25, 0.3) is 0 Å². The third-order valence-corrected chi connectivity index (χ3v) is 3.94. The van der Waals surface area contributed by atoms with Crippen LogP contribution in [0.25, 0.3) is 0 Å². The number of carbonyl (C=O) groups excluding carboxylic acids is 2. The predicted octanol–water partition coefficient (Wildman–Crippen LogP) is -2.16.